The first kappa shape index (κ1) is 16.9. The zero-order valence-corrected chi connectivity index (χ0v) is 10.4. The van der Waals surface area contributed by atoms with Crippen molar-refractivity contribution in [3.8, 4) is 0 Å². The molecule has 0 unspecified atom stereocenters. The van der Waals surface area contributed by atoms with E-state index in [0.29, 0.717) is 0 Å². The van der Waals surface area contributed by atoms with Crippen LogP contribution >= 0.6 is 0 Å². The number of nitrogens with zero attached hydrogens (tertiary/aromatic N) is 2. The van der Waals surface area contributed by atoms with Gasteiger partial charge in [-0.3, -0.25) is 4.90 Å². The quantitative estimate of drug-likeness (QED) is 0.788. The predicted molar refractivity (Wildman–Crippen MR) is 57.6 cm³/mol. The fourth-order valence-corrected chi connectivity index (χ4v) is 1.99. The van der Waals surface area contributed by atoms with Crippen LogP contribution in [0.25, 0.3) is 0 Å². The Kier molecular flexibility index (Phi) is 5.93. The van der Waals surface area contributed by atoms with Crippen LogP contribution in [0.2, 0.25) is 0 Å². The molecule has 0 saturated carbocycles. The number of alkyl halides is 5. The van der Waals surface area contributed by atoms with Crippen LogP contribution in [0, 0.1) is 0 Å². The Balaban J connectivity index is 2.53. The van der Waals surface area contributed by atoms with Gasteiger partial charge in [0.15, 0.2) is 0 Å². The van der Waals surface area contributed by atoms with E-state index in [9.17, 15) is 26.7 Å². The molecule has 10 heteroatoms. The van der Waals surface area contributed by atoms with E-state index >= 15 is 0 Å². The summed E-state index contributed by atoms with van der Waals surface area (Å²) in [5.41, 5.74) is 0. The van der Waals surface area contributed by atoms with E-state index < -0.39 is 38.0 Å². The molecule has 1 saturated heterocycles. The average Bonchev–Trinajstić information content (AvgIpc) is 2.32. The van der Waals surface area contributed by atoms with E-state index in [0.717, 1.165) is 4.90 Å². The Hall–Kier alpha value is -1.16. The number of hydrogen-bond acceptors (Lipinski definition) is 3. The molecule has 0 aliphatic carbocycles. The monoisotopic (exact) mass is 306 g/mol. The van der Waals surface area contributed by atoms with Gasteiger partial charge in [-0.2, -0.15) is 22.0 Å². The molecular weight excluding hydrogens is 291 g/mol. The van der Waals surface area contributed by atoms with Gasteiger partial charge >= 0.3 is 18.9 Å². The van der Waals surface area contributed by atoms with Gasteiger partial charge in [-0.25, -0.2) is 4.79 Å². The van der Waals surface area contributed by atoms with Crippen molar-refractivity contribution in [2.75, 3.05) is 32.8 Å². The second-order valence-electron chi connectivity index (χ2n) is 4.39. The van der Waals surface area contributed by atoms with E-state index in [1.165, 1.54) is 4.90 Å². The minimum Gasteiger partial charge on any atom is -0.465 e. The summed E-state index contributed by atoms with van der Waals surface area (Å²) in [6.45, 7) is -3.85. The largest absolute Gasteiger partial charge is 0.465 e. The van der Waals surface area contributed by atoms with Gasteiger partial charge in [0.2, 0.25) is 0 Å². The van der Waals surface area contributed by atoms with Crippen molar-refractivity contribution in [1.29, 1.82) is 0 Å². The molecular formula is C10H15F5N2O3. The smallest absolute Gasteiger partial charge is 0.407 e. The van der Waals surface area contributed by atoms with Gasteiger partial charge < -0.3 is 14.7 Å². The van der Waals surface area contributed by atoms with Crippen molar-refractivity contribution in [3.63, 3.8) is 0 Å². The Morgan fingerprint density at radius 1 is 1.35 bits per heavy atom. The molecule has 1 fully saturated rings. The lowest BCUT2D eigenvalue weighted by Crippen LogP contribution is -2.57. The Morgan fingerprint density at radius 3 is 2.50 bits per heavy atom. The van der Waals surface area contributed by atoms with Crippen molar-refractivity contribution in [2.24, 2.45) is 0 Å². The van der Waals surface area contributed by atoms with Gasteiger partial charge in [0.25, 0.3) is 0 Å². The average molecular weight is 306 g/mol. The van der Waals surface area contributed by atoms with Crippen LogP contribution in [-0.2, 0) is 4.74 Å². The minimum atomic E-state index is -4.31. The topological polar surface area (TPSA) is 53.0 Å². The molecule has 1 aliphatic heterocycles. The lowest BCUT2D eigenvalue weighted by atomic mass is 10.2. The maximum Gasteiger partial charge on any atom is 0.407 e. The summed E-state index contributed by atoms with van der Waals surface area (Å²) in [6.07, 6.45) is -6.63. The van der Waals surface area contributed by atoms with E-state index in [1.54, 1.807) is 0 Å². The number of amides is 1. The number of carbonyl (C=O) groups is 1. The van der Waals surface area contributed by atoms with Crippen LogP contribution in [0.5, 0.6) is 0 Å². The Labute approximate surface area is 111 Å². The van der Waals surface area contributed by atoms with Crippen LogP contribution in [0.4, 0.5) is 26.7 Å². The Morgan fingerprint density at radius 2 is 2.00 bits per heavy atom. The van der Waals surface area contributed by atoms with Gasteiger partial charge in [0, 0.05) is 26.2 Å². The molecule has 0 bridgehead atoms. The molecule has 118 valence electrons. The molecule has 0 spiro atoms. The van der Waals surface area contributed by atoms with E-state index in [-0.39, 0.29) is 26.2 Å². The van der Waals surface area contributed by atoms with Gasteiger partial charge in [-0.1, -0.05) is 0 Å². The fraction of sp³-hybridized carbons (Fsp3) is 0.900. The molecule has 0 aromatic rings. The highest BCUT2D eigenvalue weighted by Crippen LogP contribution is 2.21. The summed E-state index contributed by atoms with van der Waals surface area (Å²) >= 11 is 0. The lowest BCUT2D eigenvalue weighted by molar-refractivity contribution is -0.149. The first-order chi connectivity index (χ1) is 9.19. The zero-order chi connectivity index (χ0) is 15.3. The maximum atomic E-state index is 12.1. The van der Waals surface area contributed by atoms with Crippen LogP contribution in [-0.4, -0.2) is 72.6 Å². The van der Waals surface area contributed by atoms with Gasteiger partial charge in [-0.15, -0.1) is 0 Å². The van der Waals surface area contributed by atoms with E-state index in [2.05, 4.69) is 4.74 Å². The van der Waals surface area contributed by atoms with Crippen molar-refractivity contribution >= 4 is 6.09 Å². The predicted octanol–water partition coefficient (Wildman–Crippen LogP) is 1.84. The van der Waals surface area contributed by atoms with Crippen LogP contribution in [0.3, 0.4) is 0 Å². The normalized spacial score (nSPS) is 21.5. The SMILES string of the molecule is O=C(O)N1CCN(CCC(F)(F)F)C[C@H]1COC(F)F. The first-order valence-electron chi connectivity index (χ1n) is 5.87. The summed E-state index contributed by atoms with van der Waals surface area (Å²) in [5.74, 6) is 0. The molecule has 1 atom stereocenters. The highest BCUT2D eigenvalue weighted by Gasteiger charge is 2.33. The highest BCUT2D eigenvalue weighted by atomic mass is 19.4. The van der Waals surface area contributed by atoms with Gasteiger partial charge in [0.05, 0.1) is 19.1 Å². The molecule has 1 aliphatic rings. The molecule has 1 heterocycles. The first-order valence-corrected chi connectivity index (χ1v) is 5.87. The van der Waals surface area contributed by atoms with Crippen LogP contribution in [0.15, 0.2) is 0 Å². The van der Waals surface area contributed by atoms with Gasteiger partial charge in [-0.05, 0) is 0 Å². The van der Waals surface area contributed by atoms with Crippen LogP contribution in [0.1, 0.15) is 6.42 Å². The van der Waals surface area contributed by atoms with Gasteiger partial charge in [0.1, 0.15) is 0 Å². The third-order valence-electron chi connectivity index (χ3n) is 2.94. The molecule has 0 radical (unpaired) electrons. The standard InChI is InChI=1S/C10H15F5N2O3/c11-8(12)20-6-7-5-16(2-1-10(13,14)15)3-4-17(7)9(18)19/h7-8H,1-6H2,(H,18,19)/t7-/m0/s1. The molecule has 1 amide bonds. The van der Waals surface area contributed by atoms with Crippen molar-refractivity contribution in [3.05, 3.63) is 0 Å². The molecule has 1 N–H and O–H groups in total. The van der Waals surface area contributed by atoms with Crippen molar-refractivity contribution in [1.82, 2.24) is 9.80 Å². The molecule has 20 heavy (non-hydrogen) atoms. The number of halogens is 5. The minimum absolute atomic E-state index is 0.0372. The summed E-state index contributed by atoms with van der Waals surface area (Å²) in [4.78, 5) is 13.2. The molecule has 1 rings (SSSR count). The summed E-state index contributed by atoms with van der Waals surface area (Å²) < 4.78 is 64.3. The number of hydrogen-bond donors (Lipinski definition) is 1. The fourth-order valence-electron chi connectivity index (χ4n) is 1.99. The third-order valence-corrected chi connectivity index (χ3v) is 2.94. The third kappa shape index (κ3) is 5.87. The number of ether oxygens (including phenoxy) is 1. The number of carboxylic acid groups (broad SMARTS) is 1. The number of rotatable bonds is 5. The second kappa shape index (κ2) is 7.02. The molecule has 0 aromatic carbocycles. The summed E-state index contributed by atoms with van der Waals surface area (Å²) in [6, 6.07) is -0.900. The maximum absolute atomic E-state index is 12.1. The Bertz CT molecular complexity index is 327. The van der Waals surface area contributed by atoms with Crippen LogP contribution < -0.4 is 0 Å². The molecule has 5 nitrogen and oxygen atoms in total. The van der Waals surface area contributed by atoms with E-state index in [4.69, 9.17) is 5.11 Å². The number of piperazine rings is 1. The zero-order valence-electron chi connectivity index (χ0n) is 10.4. The van der Waals surface area contributed by atoms with Crippen molar-refractivity contribution in [2.45, 2.75) is 25.3 Å². The highest BCUT2D eigenvalue weighted by molar-refractivity contribution is 5.65. The van der Waals surface area contributed by atoms with Crippen molar-refractivity contribution < 1.29 is 36.6 Å². The van der Waals surface area contributed by atoms with E-state index in [1.807, 2.05) is 0 Å². The second-order valence-corrected chi connectivity index (χ2v) is 4.39. The molecule has 0 aromatic heterocycles. The summed E-state index contributed by atoms with van der Waals surface area (Å²) in [5, 5.41) is 8.90. The summed E-state index contributed by atoms with van der Waals surface area (Å²) in [7, 11) is 0. The lowest BCUT2D eigenvalue weighted by Gasteiger charge is -2.39.